The summed E-state index contributed by atoms with van der Waals surface area (Å²) in [5, 5.41) is 2.91. The second-order valence-electron chi connectivity index (χ2n) is 6.48. The van der Waals surface area contributed by atoms with E-state index < -0.39 is 0 Å². The largest absolute Gasteiger partial charge is 0.354 e. The van der Waals surface area contributed by atoms with Crippen molar-refractivity contribution in [2.45, 2.75) is 65.3 Å². The Morgan fingerprint density at radius 1 is 1.30 bits per heavy atom. The van der Waals surface area contributed by atoms with Crippen LogP contribution >= 0.6 is 0 Å². The van der Waals surface area contributed by atoms with Gasteiger partial charge in [0.2, 0.25) is 11.8 Å². The Bertz CT molecular complexity index is 380. The lowest BCUT2D eigenvalue weighted by atomic mass is 9.97. The smallest absolute Gasteiger partial charge is 0.239 e. The number of carbonyl (C=O) groups excluding carboxylic acids is 2. The van der Waals surface area contributed by atoms with Crippen molar-refractivity contribution in [2.24, 2.45) is 0 Å². The van der Waals surface area contributed by atoms with Crippen molar-refractivity contribution in [3.8, 4) is 0 Å². The van der Waals surface area contributed by atoms with Crippen LogP contribution in [0.15, 0.2) is 11.6 Å². The Morgan fingerprint density at radius 3 is 2.50 bits per heavy atom. The van der Waals surface area contributed by atoms with E-state index in [0.29, 0.717) is 6.54 Å². The molecular weight excluding hydrogens is 252 g/mol. The Morgan fingerprint density at radius 2 is 2.00 bits per heavy atom. The molecule has 0 aromatic carbocycles. The number of amides is 2. The van der Waals surface area contributed by atoms with Gasteiger partial charge in [-0.1, -0.05) is 11.6 Å². The van der Waals surface area contributed by atoms with Gasteiger partial charge in [0.25, 0.3) is 0 Å². The summed E-state index contributed by atoms with van der Waals surface area (Å²) in [6, 6.07) is 0. The molecule has 4 nitrogen and oxygen atoms in total. The number of hydrogen-bond donors (Lipinski definition) is 1. The second-order valence-corrected chi connectivity index (χ2v) is 6.48. The van der Waals surface area contributed by atoms with Gasteiger partial charge in [0.15, 0.2) is 0 Å². The third kappa shape index (κ3) is 5.76. The molecule has 1 rings (SSSR count). The summed E-state index contributed by atoms with van der Waals surface area (Å²) in [6.07, 6.45) is 8.12. The molecule has 114 valence electrons. The van der Waals surface area contributed by atoms with Crippen molar-refractivity contribution in [3.05, 3.63) is 11.6 Å². The van der Waals surface area contributed by atoms with Crippen molar-refractivity contribution in [1.82, 2.24) is 10.2 Å². The maximum atomic E-state index is 11.9. The molecule has 1 N–H and O–H groups in total. The minimum Gasteiger partial charge on any atom is -0.354 e. The van der Waals surface area contributed by atoms with E-state index >= 15 is 0 Å². The maximum Gasteiger partial charge on any atom is 0.239 e. The van der Waals surface area contributed by atoms with E-state index in [2.05, 4.69) is 11.4 Å². The van der Waals surface area contributed by atoms with Crippen molar-refractivity contribution >= 4 is 11.8 Å². The minimum absolute atomic E-state index is 0.0670. The van der Waals surface area contributed by atoms with Gasteiger partial charge in [0.1, 0.15) is 6.54 Å². The monoisotopic (exact) mass is 280 g/mol. The zero-order valence-electron chi connectivity index (χ0n) is 13.3. The Labute approximate surface area is 122 Å². The molecule has 1 aliphatic carbocycles. The lowest BCUT2D eigenvalue weighted by Crippen LogP contribution is -2.49. The van der Waals surface area contributed by atoms with E-state index in [1.165, 1.54) is 31.8 Å². The molecule has 0 fully saturated rings. The zero-order valence-corrected chi connectivity index (χ0v) is 13.3. The van der Waals surface area contributed by atoms with Crippen LogP contribution in [0.3, 0.4) is 0 Å². The molecule has 0 spiro atoms. The standard InChI is InChI=1S/C16H28N2O2/c1-13(19)18(16(2,3)4)12-15(20)17-11-10-14-8-6-5-7-9-14/h8H,5-7,9-12H2,1-4H3,(H,17,20). The van der Waals surface area contributed by atoms with Gasteiger partial charge in [-0.05, 0) is 52.9 Å². The van der Waals surface area contributed by atoms with Gasteiger partial charge in [-0.2, -0.15) is 0 Å². The normalized spacial score (nSPS) is 15.5. The number of rotatable bonds is 5. The van der Waals surface area contributed by atoms with Gasteiger partial charge in [-0.25, -0.2) is 0 Å². The fourth-order valence-electron chi connectivity index (χ4n) is 2.51. The molecule has 0 aliphatic heterocycles. The van der Waals surface area contributed by atoms with Crippen LogP contribution in [0.4, 0.5) is 0 Å². The summed E-state index contributed by atoms with van der Waals surface area (Å²) in [4.78, 5) is 25.1. The Hall–Kier alpha value is -1.32. The predicted octanol–water partition coefficient (Wildman–Crippen LogP) is 2.64. The molecular formula is C16H28N2O2. The number of nitrogens with one attached hydrogen (secondary N) is 1. The van der Waals surface area contributed by atoms with Crippen LogP contribution in [0.2, 0.25) is 0 Å². The summed E-state index contributed by atoms with van der Waals surface area (Å²) >= 11 is 0. The van der Waals surface area contributed by atoms with Crippen LogP contribution in [0.5, 0.6) is 0 Å². The quantitative estimate of drug-likeness (QED) is 0.787. The summed E-state index contributed by atoms with van der Waals surface area (Å²) in [7, 11) is 0. The first kappa shape index (κ1) is 16.7. The van der Waals surface area contributed by atoms with Gasteiger partial charge in [-0.3, -0.25) is 9.59 Å². The van der Waals surface area contributed by atoms with Crippen molar-refractivity contribution in [3.63, 3.8) is 0 Å². The van der Waals surface area contributed by atoms with E-state index in [4.69, 9.17) is 0 Å². The number of allylic oxidation sites excluding steroid dienone is 1. The van der Waals surface area contributed by atoms with Crippen molar-refractivity contribution < 1.29 is 9.59 Å². The number of nitrogens with zero attached hydrogens (tertiary/aromatic N) is 1. The topological polar surface area (TPSA) is 49.4 Å². The fourth-order valence-corrected chi connectivity index (χ4v) is 2.51. The molecule has 0 heterocycles. The molecule has 20 heavy (non-hydrogen) atoms. The molecule has 0 radical (unpaired) electrons. The Kier molecular flexibility index (Phi) is 6.24. The van der Waals surface area contributed by atoms with Crippen LogP contribution in [0.1, 0.15) is 59.8 Å². The van der Waals surface area contributed by atoms with E-state index in [1.807, 2.05) is 20.8 Å². The number of carbonyl (C=O) groups is 2. The summed E-state index contributed by atoms with van der Waals surface area (Å²) in [6.45, 7) is 8.13. The van der Waals surface area contributed by atoms with Crippen LogP contribution < -0.4 is 5.32 Å². The SMILES string of the molecule is CC(=O)N(CC(=O)NCCC1=CCCCC1)C(C)(C)C. The van der Waals surface area contributed by atoms with Gasteiger partial charge in [0.05, 0.1) is 0 Å². The fraction of sp³-hybridized carbons (Fsp3) is 0.750. The average molecular weight is 280 g/mol. The minimum atomic E-state index is -0.324. The molecule has 0 aromatic heterocycles. The molecule has 0 saturated heterocycles. The molecule has 0 aromatic rings. The molecule has 4 heteroatoms. The van der Waals surface area contributed by atoms with Crippen LogP contribution in [0.25, 0.3) is 0 Å². The summed E-state index contributed by atoms with van der Waals surface area (Å²) in [5.74, 6) is -0.144. The van der Waals surface area contributed by atoms with Gasteiger partial charge in [-0.15, -0.1) is 0 Å². The lowest BCUT2D eigenvalue weighted by molar-refractivity contribution is -0.138. The highest BCUT2D eigenvalue weighted by atomic mass is 16.2. The average Bonchev–Trinajstić information content (AvgIpc) is 2.35. The first-order chi connectivity index (χ1) is 9.30. The van der Waals surface area contributed by atoms with Gasteiger partial charge >= 0.3 is 0 Å². The highest BCUT2D eigenvalue weighted by Gasteiger charge is 2.25. The molecule has 0 saturated carbocycles. The second kappa shape index (κ2) is 7.46. The molecule has 1 aliphatic rings. The highest BCUT2D eigenvalue weighted by Crippen LogP contribution is 2.19. The van der Waals surface area contributed by atoms with Gasteiger partial charge in [0, 0.05) is 19.0 Å². The first-order valence-corrected chi connectivity index (χ1v) is 7.53. The van der Waals surface area contributed by atoms with E-state index in [-0.39, 0.29) is 23.9 Å². The summed E-state index contributed by atoms with van der Waals surface area (Å²) in [5.41, 5.74) is 1.13. The Balaban J connectivity index is 2.35. The molecule has 0 atom stereocenters. The van der Waals surface area contributed by atoms with E-state index in [0.717, 1.165) is 12.8 Å². The third-order valence-electron chi connectivity index (χ3n) is 3.64. The third-order valence-corrected chi connectivity index (χ3v) is 3.64. The van der Waals surface area contributed by atoms with Crippen LogP contribution in [-0.2, 0) is 9.59 Å². The highest BCUT2D eigenvalue weighted by molar-refractivity contribution is 5.84. The van der Waals surface area contributed by atoms with Crippen LogP contribution in [0, 0.1) is 0 Å². The molecule has 0 unspecified atom stereocenters. The zero-order chi connectivity index (χ0) is 15.2. The molecule has 2 amide bonds. The molecule has 0 bridgehead atoms. The first-order valence-electron chi connectivity index (χ1n) is 7.53. The van der Waals surface area contributed by atoms with E-state index in [9.17, 15) is 9.59 Å². The van der Waals surface area contributed by atoms with E-state index in [1.54, 1.807) is 4.90 Å². The van der Waals surface area contributed by atoms with Gasteiger partial charge < -0.3 is 10.2 Å². The van der Waals surface area contributed by atoms with Crippen molar-refractivity contribution in [2.75, 3.05) is 13.1 Å². The predicted molar refractivity (Wildman–Crippen MR) is 81.3 cm³/mol. The maximum absolute atomic E-state index is 11.9. The van der Waals surface area contributed by atoms with Crippen molar-refractivity contribution in [1.29, 1.82) is 0 Å². The lowest BCUT2D eigenvalue weighted by Gasteiger charge is -2.34. The number of hydrogen-bond acceptors (Lipinski definition) is 2. The summed E-state index contributed by atoms with van der Waals surface area (Å²) < 4.78 is 0. The van der Waals surface area contributed by atoms with Crippen LogP contribution in [-0.4, -0.2) is 35.3 Å².